The fourth-order valence-electron chi connectivity index (χ4n) is 4.45. The molecule has 1 spiro atoms. The minimum Gasteiger partial charge on any atom is -0.465 e. The molecule has 4 rings (SSSR count). The third-order valence-corrected chi connectivity index (χ3v) is 5.89. The molecule has 3 aliphatic heterocycles. The smallest absolute Gasteiger partial charge is 0.312 e. The Morgan fingerprint density at radius 2 is 2.15 bits per heavy atom. The summed E-state index contributed by atoms with van der Waals surface area (Å²) in [5, 5.41) is 0. The predicted octanol–water partition coefficient (Wildman–Crippen LogP) is 2.87. The van der Waals surface area contributed by atoms with Crippen LogP contribution in [-0.2, 0) is 19.1 Å². The van der Waals surface area contributed by atoms with Crippen molar-refractivity contribution in [1.82, 2.24) is 4.90 Å². The van der Waals surface area contributed by atoms with Crippen molar-refractivity contribution in [2.45, 2.75) is 44.4 Å². The second-order valence-electron chi connectivity index (χ2n) is 7.47. The largest absolute Gasteiger partial charge is 0.465 e. The van der Waals surface area contributed by atoms with Crippen molar-refractivity contribution in [2.24, 2.45) is 11.8 Å². The average molecular weight is 355 g/mol. The van der Waals surface area contributed by atoms with Crippen molar-refractivity contribution in [3.63, 3.8) is 0 Å². The number of fused-ring (bicyclic) bond motifs is 1. The van der Waals surface area contributed by atoms with Crippen LogP contribution in [0.15, 0.2) is 42.5 Å². The van der Waals surface area contributed by atoms with Crippen LogP contribution in [0.25, 0.3) is 0 Å². The quantitative estimate of drug-likeness (QED) is 0.447. The molecular weight excluding hydrogens is 330 g/mol. The first-order chi connectivity index (χ1) is 12.6. The Morgan fingerprint density at radius 1 is 1.38 bits per heavy atom. The van der Waals surface area contributed by atoms with Gasteiger partial charge < -0.3 is 14.4 Å². The Morgan fingerprint density at radius 3 is 2.88 bits per heavy atom. The van der Waals surface area contributed by atoms with Crippen molar-refractivity contribution < 1.29 is 19.1 Å². The number of amides is 1. The first kappa shape index (κ1) is 17.3. The summed E-state index contributed by atoms with van der Waals surface area (Å²) in [4.78, 5) is 27.7. The number of ether oxygens (including phenoxy) is 2. The Hall–Kier alpha value is -2.14. The zero-order chi connectivity index (χ0) is 18.3. The highest BCUT2D eigenvalue weighted by Crippen LogP contribution is 2.53. The molecule has 5 atom stereocenters. The summed E-state index contributed by atoms with van der Waals surface area (Å²) in [5.74, 6) is -1.32. The van der Waals surface area contributed by atoms with Gasteiger partial charge in [0.15, 0.2) is 0 Å². The van der Waals surface area contributed by atoms with Crippen molar-refractivity contribution in [3.05, 3.63) is 48.0 Å². The molecule has 0 aromatic heterocycles. The van der Waals surface area contributed by atoms with Crippen molar-refractivity contribution in [3.8, 4) is 0 Å². The van der Waals surface area contributed by atoms with Crippen LogP contribution in [-0.4, -0.2) is 41.6 Å². The van der Waals surface area contributed by atoms with Gasteiger partial charge in [-0.2, -0.15) is 0 Å². The van der Waals surface area contributed by atoms with Gasteiger partial charge in [-0.25, -0.2) is 0 Å². The third kappa shape index (κ3) is 2.57. The van der Waals surface area contributed by atoms with Gasteiger partial charge in [-0.3, -0.25) is 9.59 Å². The number of carbonyl (C=O) groups is 2. The van der Waals surface area contributed by atoms with E-state index in [9.17, 15) is 9.59 Å². The first-order valence-electron chi connectivity index (χ1n) is 9.46. The molecule has 5 heteroatoms. The summed E-state index contributed by atoms with van der Waals surface area (Å²) in [6.07, 6.45) is 5.36. The average Bonchev–Trinajstić information content (AvgIpc) is 3.30. The van der Waals surface area contributed by atoms with Gasteiger partial charge in [0.25, 0.3) is 0 Å². The number of unbranched alkanes of at least 4 members (excludes halogenated alkanes) is 1. The highest BCUT2D eigenvalue weighted by Gasteiger charge is 2.67. The lowest BCUT2D eigenvalue weighted by atomic mass is 9.77. The van der Waals surface area contributed by atoms with Crippen LogP contribution in [0.2, 0.25) is 0 Å². The van der Waals surface area contributed by atoms with E-state index in [1.165, 1.54) is 0 Å². The van der Waals surface area contributed by atoms with E-state index in [0.29, 0.717) is 13.2 Å². The Labute approximate surface area is 154 Å². The molecule has 26 heavy (non-hydrogen) atoms. The number of rotatable bonds is 6. The number of carbonyl (C=O) groups excluding carboxylic acids is 2. The lowest BCUT2D eigenvalue weighted by Gasteiger charge is -2.27. The van der Waals surface area contributed by atoms with Crippen LogP contribution < -0.4 is 0 Å². The summed E-state index contributed by atoms with van der Waals surface area (Å²) in [7, 11) is 0. The second kappa shape index (κ2) is 6.54. The van der Waals surface area contributed by atoms with E-state index < -0.39 is 17.4 Å². The molecule has 1 aromatic rings. The molecule has 0 radical (unpaired) electrons. The lowest BCUT2D eigenvalue weighted by Crippen LogP contribution is -2.40. The minimum absolute atomic E-state index is 0.00866. The molecule has 0 N–H and O–H groups in total. The molecule has 2 bridgehead atoms. The van der Waals surface area contributed by atoms with Crippen molar-refractivity contribution >= 4 is 11.9 Å². The van der Waals surface area contributed by atoms with E-state index >= 15 is 0 Å². The maximum absolute atomic E-state index is 13.2. The van der Waals surface area contributed by atoms with Crippen LogP contribution in [0.5, 0.6) is 0 Å². The summed E-state index contributed by atoms with van der Waals surface area (Å²) >= 11 is 0. The second-order valence-corrected chi connectivity index (χ2v) is 7.47. The molecule has 0 unspecified atom stereocenters. The van der Waals surface area contributed by atoms with E-state index in [1.807, 2.05) is 54.3 Å². The molecule has 2 fully saturated rings. The highest BCUT2D eigenvalue weighted by molar-refractivity contribution is 5.91. The van der Waals surface area contributed by atoms with Gasteiger partial charge >= 0.3 is 5.97 Å². The molecule has 3 aliphatic rings. The van der Waals surface area contributed by atoms with Crippen LogP contribution in [0.4, 0.5) is 0 Å². The molecule has 3 heterocycles. The third-order valence-electron chi connectivity index (χ3n) is 5.89. The number of nitrogens with zero attached hydrogens (tertiary/aromatic N) is 1. The molecule has 1 amide bonds. The fraction of sp³-hybridized carbons (Fsp3) is 0.524. The summed E-state index contributed by atoms with van der Waals surface area (Å²) in [6.45, 7) is 4.96. The molecule has 1 aromatic carbocycles. The van der Waals surface area contributed by atoms with Crippen LogP contribution in [0.3, 0.4) is 0 Å². The number of hydrogen-bond acceptors (Lipinski definition) is 4. The predicted molar refractivity (Wildman–Crippen MR) is 96.2 cm³/mol. The van der Waals surface area contributed by atoms with Gasteiger partial charge in [0.05, 0.1) is 31.2 Å². The Balaban J connectivity index is 1.56. The van der Waals surface area contributed by atoms with Gasteiger partial charge in [0.1, 0.15) is 11.5 Å². The first-order valence-corrected chi connectivity index (χ1v) is 9.46. The van der Waals surface area contributed by atoms with E-state index in [0.717, 1.165) is 18.4 Å². The molecule has 0 aliphatic carbocycles. The Bertz CT molecular complexity index is 731. The summed E-state index contributed by atoms with van der Waals surface area (Å²) < 4.78 is 11.6. The zero-order valence-corrected chi connectivity index (χ0v) is 15.3. The standard InChI is InChI=1S/C21H25NO4/c1-3-4-12-25-20(24)17-16-10-11-21(26-16)13-22(19(23)18(17)21)14(2)15-8-6-5-7-9-15/h5-11,14,16-18H,3-4,12-13H2,1-2H3/t14-,16+,17-,18+,21-/m1/s1. The molecule has 138 valence electrons. The summed E-state index contributed by atoms with van der Waals surface area (Å²) in [5.41, 5.74) is 0.400. The molecular formula is C21H25NO4. The van der Waals surface area contributed by atoms with E-state index in [2.05, 4.69) is 6.92 Å². The van der Waals surface area contributed by atoms with Crippen LogP contribution in [0, 0.1) is 11.8 Å². The van der Waals surface area contributed by atoms with Gasteiger partial charge in [0.2, 0.25) is 5.91 Å². The van der Waals surface area contributed by atoms with Crippen molar-refractivity contribution in [2.75, 3.05) is 13.2 Å². The Kier molecular flexibility index (Phi) is 4.35. The highest BCUT2D eigenvalue weighted by atomic mass is 16.6. The van der Waals surface area contributed by atoms with Crippen LogP contribution >= 0.6 is 0 Å². The van der Waals surface area contributed by atoms with E-state index in [1.54, 1.807) is 0 Å². The SMILES string of the molecule is CCCCOC(=O)[C@@H]1[C@@H]2C=C[C@]3(CN([C@H](C)c4ccccc4)C(=O)[C@H]13)O2. The van der Waals surface area contributed by atoms with Crippen LogP contribution in [0.1, 0.15) is 38.3 Å². The van der Waals surface area contributed by atoms with Gasteiger partial charge in [0, 0.05) is 0 Å². The molecule has 5 nitrogen and oxygen atoms in total. The maximum atomic E-state index is 13.2. The van der Waals surface area contributed by atoms with Crippen molar-refractivity contribution in [1.29, 1.82) is 0 Å². The van der Waals surface area contributed by atoms with E-state index in [4.69, 9.17) is 9.47 Å². The minimum atomic E-state index is -0.681. The number of benzene rings is 1. The topological polar surface area (TPSA) is 55.8 Å². The number of esters is 1. The normalized spacial score (nSPS) is 32.8. The van der Waals surface area contributed by atoms with E-state index in [-0.39, 0.29) is 24.0 Å². The molecule has 0 saturated carbocycles. The maximum Gasteiger partial charge on any atom is 0.312 e. The van der Waals surface area contributed by atoms with Gasteiger partial charge in [-0.1, -0.05) is 55.8 Å². The lowest BCUT2D eigenvalue weighted by molar-refractivity contribution is -0.154. The number of hydrogen-bond donors (Lipinski definition) is 0. The van der Waals surface area contributed by atoms with Gasteiger partial charge in [-0.05, 0) is 18.9 Å². The summed E-state index contributed by atoms with van der Waals surface area (Å²) in [6, 6.07) is 9.90. The number of likely N-dealkylation sites (tertiary alicyclic amines) is 1. The van der Waals surface area contributed by atoms with Gasteiger partial charge in [-0.15, -0.1) is 0 Å². The molecule has 2 saturated heterocycles. The fourth-order valence-corrected chi connectivity index (χ4v) is 4.45. The zero-order valence-electron chi connectivity index (χ0n) is 15.3. The monoisotopic (exact) mass is 355 g/mol.